The van der Waals surface area contributed by atoms with Crippen LogP contribution in [0.3, 0.4) is 0 Å². The summed E-state index contributed by atoms with van der Waals surface area (Å²) in [6.07, 6.45) is 2.43. The number of esters is 1. The minimum absolute atomic E-state index is 0.115. The van der Waals surface area contributed by atoms with Gasteiger partial charge in [0, 0.05) is 23.5 Å². The Bertz CT molecular complexity index is 1130. The lowest BCUT2D eigenvalue weighted by Crippen LogP contribution is -2.24. The average molecular weight is 413 g/mol. The first-order valence-corrected chi connectivity index (χ1v) is 10.1. The van der Waals surface area contributed by atoms with Gasteiger partial charge >= 0.3 is 5.97 Å². The Morgan fingerprint density at radius 2 is 1.93 bits per heavy atom. The maximum absolute atomic E-state index is 13.0. The van der Waals surface area contributed by atoms with Crippen LogP contribution in [-0.2, 0) is 11.3 Å². The number of benzene rings is 1. The molecule has 3 rings (SSSR count). The Kier molecular flexibility index (Phi) is 6.12. The van der Waals surface area contributed by atoms with Gasteiger partial charge in [-0.1, -0.05) is 43.4 Å². The minimum Gasteiger partial charge on any atom is -0.465 e. The van der Waals surface area contributed by atoms with E-state index in [0.29, 0.717) is 44.5 Å². The van der Waals surface area contributed by atoms with Crippen molar-refractivity contribution in [2.24, 2.45) is 5.92 Å². The number of aryl methyl sites for hydroxylation is 2. The summed E-state index contributed by atoms with van der Waals surface area (Å²) in [5.74, 6) is -0.446. The van der Waals surface area contributed by atoms with Crippen molar-refractivity contribution < 1.29 is 14.3 Å². The molecule has 0 fully saturated rings. The average Bonchev–Trinajstić information content (AvgIpc) is 3.06. The molecule has 3 aromatic rings. The van der Waals surface area contributed by atoms with Crippen LogP contribution in [0.1, 0.15) is 46.0 Å². The van der Waals surface area contributed by atoms with Crippen LogP contribution in [0.5, 0.6) is 0 Å². The number of anilines is 1. The summed E-state index contributed by atoms with van der Waals surface area (Å²) >= 11 is 1.06. The Labute approximate surface area is 172 Å². The highest BCUT2D eigenvalue weighted by atomic mass is 32.1. The standard InChI is InChI=1S/C21H23N3O4S/c1-12(2)9-10-24-11-16(14-7-5-6-8-15(14)19(24)26)18(25)23-21-22-13(3)17(29-21)20(27)28-4/h5-8,11-12H,9-10H2,1-4H3,(H,22,23,25). The largest absolute Gasteiger partial charge is 0.465 e. The van der Waals surface area contributed by atoms with Crippen LogP contribution < -0.4 is 10.9 Å². The van der Waals surface area contributed by atoms with Gasteiger partial charge in [0.1, 0.15) is 4.88 Å². The highest BCUT2D eigenvalue weighted by Gasteiger charge is 2.19. The zero-order valence-corrected chi connectivity index (χ0v) is 17.6. The van der Waals surface area contributed by atoms with Gasteiger partial charge in [-0.25, -0.2) is 9.78 Å². The van der Waals surface area contributed by atoms with Gasteiger partial charge in [0.15, 0.2) is 5.13 Å². The summed E-state index contributed by atoms with van der Waals surface area (Å²) in [6.45, 7) is 6.39. The van der Waals surface area contributed by atoms with Crippen molar-refractivity contribution >= 4 is 39.1 Å². The molecule has 8 heteroatoms. The van der Waals surface area contributed by atoms with E-state index in [2.05, 4.69) is 24.1 Å². The molecule has 2 aromatic heterocycles. The fourth-order valence-electron chi connectivity index (χ4n) is 2.98. The smallest absolute Gasteiger partial charge is 0.350 e. The zero-order valence-electron chi connectivity index (χ0n) is 16.8. The zero-order chi connectivity index (χ0) is 21.1. The molecule has 0 saturated heterocycles. The lowest BCUT2D eigenvalue weighted by atomic mass is 10.1. The molecule has 2 heterocycles. The number of pyridine rings is 1. The van der Waals surface area contributed by atoms with E-state index in [1.807, 2.05) is 0 Å². The van der Waals surface area contributed by atoms with Crippen molar-refractivity contribution in [3.05, 3.63) is 57.0 Å². The molecule has 0 spiro atoms. The molecule has 0 aliphatic carbocycles. The molecular formula is C21H23N3O4S. The van der Waals surface area contributed by atoms with Crippen LogP contribution in [0.2, 0.25) is 0 Å². The molecule has 0 radical (unpaired) electrons. The van der Waals surface area contributed by atoms with Gasteiger partial charge in [-0.05, 0) is 25.3 Å². The van der Waals surface area contributed by atoms with Gasteiger partial charge in [0.05, 0.1) is 18.4 Å². The first-order chi connectivity index (χ1) is 13.8. The molecule has 0 aliphatic rings. The number of fused-ring (bicyclic) bond motifs is 1. The highest BCUT2D eigenvalue weighted by molar-refractivity contribution is 7.17. The number of methoxy groups -OCH3 is 1. The van der Waals surface area contributed by atoms with E-state index >= 15 is 0 Å². The van der Waals surface area contributed by atoms with Crippen molar-refractivity contribution in [1.82, 2.24) is 9.55 Å². The van der Waals surface area contributed by atoms with Crippen LogP contribution in [0.25, 0.3) is 10.8 Å². The third-order valence-corrected chi connectivity index (χ3v) is 5.63. The lowest BCUT2D eigenvalue weighted by molar-refractivity contribution is 0.0605. The number of nitrogens with zero attached hydrogens (tertiary/aromatic N) is 2. The Hall–Kier alpha value is -3.00. The van der Waals surface area contributed by atoms with Crippen LogP contribution in [-0.4, -0.2) is 28.5 Å². The Morgan fingerprint density at radius 1 is 1.24 bits per heavy atom. The van der Waals surface area contributed by atoms with Crippen LogP contribution in [0, 0.1) is 12.8 Å². The number of hydrogen-bond donors (Lipinski definition) is 1. The number of carbonyl (C=O) groups is 2. The van der Waals surface area contributed by atoms with E-state index < -0.39 is 5.97 Å². The summed E-state index contributed by atoms with van der Waals surface area (Å²) in [7, 11) is 1.30. The second-order valence-corrected chi connectivity index (χ2v) is 8.15. The monoisotopic (exact) mass is 413 g/mol. The number of rotatable bonds is 6. The SMILES string of the molecule is COC(=O)c1sc(NC(=O)c2cn(CCC(C)C)c(=O)c3ccccc23)nc1C. The molecule has 1 N–H and O–H groups in total. The van der Waals surface area contributed by atoms with Gasteiger partial charge in [-0.2, -0.15) is 0 Å². The normalized spacial score (nSPS) is 11.1. The maximum atomic E-state index is 13.0. The molecule has 152 valence electrons. The predicted molar refractivity (Wildman–Crippen MR) is 114 cm³/mol. The summed E-state index contributed by atoms with van der Waals surface area (Å²) in [5.41, 5.74) is 0.760. The van der Waals surface area contributed by atoms with Crippen molar-refractivity contribution in [2.75, 3.05) is 12.4 Å². The number of ether oxygens (including phenoxy) is 1. The van der Waals surface area contributed by atoms with Gasteiger partial charge in [-0.15, -0.1) is 0 Å². The first kappa shape index (κ1) is 20.7. The highest BCUT2D eigenvalue weighted by Crippen LogP contribution is 2.25. The van der Waals surface area contributed by atoms with Crippen LogP contribution in [0.4, 0.5) is 5.13 Å². The quantitative estimate of drug-likeness (QED) is 0.620. The van der Waals surface area contributed by atoms with E-state index in [9.17, 15) is 14.4 Å². The molecule has 0 aliphatic heterocycles. The number of aromatic nitrogens is 2. The van der Waals surface area contributed by atoms with E-state index in [0.717, 1.165) is 17.8 Å². The fourth-order valence-corrected chi connectivity index (χ4v) is 3.86. The predicted octanol–water partition coefficient (Wildman–Crippen LogP) is 3.85. The summed E-state index contributed by atoms with van der Waals surface area (Å²) in [4.78, 5) is 42.2. The summed E-state index contributed by atoms with van der Waals surface area (Å²) < 4.78 is 6.32. The van der Waals surface area contributed by atoms with Crippen molar-refractivity contribution in [3.8, 4) is 0 Å². The molecule has 0 saturated carbocycles. The van der Waals surface area contributed by atoms with E-state index in [1.54, 1.807) is 42.0 Å². The molecular weight excluding hydrogens is 390 g/mol. The third-order valence-electron chi connectivity index (χ3n) is 4.57. The van der Waals surface area contributed by atoms with Crippen molar-refractivity contribution in [3.63, 3.8) is 0 Å². The van der Waals surface area contributed by atoms with Gasteiger partial charge < -0.3 is 9.30 Å². The minimum atomic E-state index is -0.492. The number of carbonyl (C=O) groups excluding carboxylic acids is 2. The van der Waals surface area contributed by atoms with Crippen LogP contribution >= 0.6 is 11.3 Å². The summed E-state index contributed by atoms with van der Waals surface area (Å²) in [5, 5.41) is 4.13. The molecule has 1 amide bonds. The van der Waals surface area contributed by atoms with E-state index in [-0.39, 0.29) is 11.5 Å². The second kappa shape index (κ2) is 8.57. The molecule has 29 heavy (non-hydrogen) atoms. The first-order valence-electron chi connectivity index (χ1n) is 9.31. The third kappa shape index (κ3) is 4.37. The Balaban J connectivity index is 2.00. The molecule has 7 nitrogen and oxygen atoms in total. The fraction of sp³-hybridized carbons (Fsp3) is 0.333. The van der Waals surface area contributed by atoms with Crippen molar-refractivity contribution in [1.29, 1.82) is 0 Å². The number of amides is 1. The number of hydrogen-bond acceptors (Lipinski definition) is 6. The topological polar surface area (TPSA) is 90.3 Å². The molecule has 0 bridgehead atoms. The van der Waals surface area contributed by atoms with Gasteiger partial charge in [0.2, 0.25) is 0 Å². The maximum Gasteiger partial charge on any atom is 0.350 e. The number of thiazole rings is 1. The Morgan fingerprint density at radius 3 is 2.59 bits per heavy atom. The molecule has 0 unspecified atom stereocenters. The molecule has 0 atom stereocenters. The lowest BCUT2D eigenvalue weighted by Gasteiger charge is -2.13. The summed E-state index contributed by atoms with van der Waals surface area (Å²) in [6, 6.07) is 7.06. The van der Waals surface area contributed by atoms with E-state index in [4.69, 9.17) is 4.74 Å². The molecule has 1 aromatic carbocycles. The van der Waals surface area contributed by atoms with Gasteiger partial charge in [0.25, 0.3) is 11.5 Å². The van der Waals surface area contributed by atoms with Crippen LogP contribution in [0.15, 0.2) is 35.3 Å². The van der Waals surface area contributed by atoms with Crippen molar-refractivity contribution in [2.45, 2.75) is 33.7 Å². The van der Waals surface area contributed by atoms with E-state index in [1.165, 1.54) is 7.11 Å². The number of nitrogens with one attached hydrogen (secondary N) is 1. The van der Waals surface area contributed by atoms with Gasteiger partial charge in [-0.3, -0.25) is 14.9 Å². The second-order valence-electron chi connectivity index (χ2n) is 7.15.